The molecule has 2 aromatic rings. The van der Waals surface area contributed by atoms with Gasteiger partial charge in [-0.3, -0.25) is 0 Å². The maximum atomic E-state index is 6.25. The van der Waals surface area contributed by atoms with E-state index in [1.54, 1.807) is 12.5 Å². The van der Waals surface area contributed by atoms with Crippen molar-refractivity contribution in [2.24, 2.45) is 0 Å². The lowest BCUT2D eigenvalue weighted by Crippen LogP contribution is -2.01. The molecular formula is C11H11ClN2. The van der Waals surface area contributed by atoms with Gasteiger partial charge in [0.1, 0.15) is 0 Å². The lowest BCUT2D eigenvalue weighted by molar-refractivity contribution is 0.677. The molecule has 2 nitrogen and oxygen atoms in total. The van der Waals surface area contributed by atoms with Crippen LogP contribution in [0.3, 0.4) is 0 Å². The number of nitrogens with zero attached hydrogens (tertiary/aromatic N) is 2. The molecule has 0 bridgehead atoms. The fourth-order valence-corrected chi connectivity index (χ4v) is 1.65. The fraction of sp³-hybridized carbons (Fsp3) is 0.182. The summed E-state index contributed by atoms with van der Waals surface area (Å²) in [6, 6.07) is 10.1. The molecule has 2 rings (SSSR count). The number of aromatic nitrogens is 2. The normalized spacial score (nSPS) is 12.6. The maximum Gasteiger partial charge on any atom is 0.0946 e. The van der Waals surface area contributed by atoms with Crippen molar-refractivity contribution >= 4 is 11.6 Å². The molecule has 72 valence electrons. The molecule has 0 saturated heterocycles. The number of hydrogen-bond donors (Lipinski definition) is 0. The van der Waals surface area contributed by atoms with Crippen LogP contribution in [0.4, 0.5) is 0 Å². The summed E-state index contributed by atoms with van der Waals surface area (Å²) in [6.45, 7) is 0.756. The van der Waals surface area contributed by atoms with E-state index < -0.39 is 0 Å². The van der Waals surface area contributed by atoms with E-state index in [1.807, 2.05) is 41.1 Å². The number of benzene rings is 1. The van der Waals surface area contributed by atoms with E-state index in [9.17, 15) is 0 Å². The molecular weight excluding hydrogens is 196 g/mol. The molecule has 1 heterocycles. The van der Waals surface area contributed by atoms with Crippen molar-refractivity contribution in [2.45, 2.75) is 11.9 Å². The van der Waals surface area contributed by atoms with Gasteiger partial charge in [0.25, 0.3) is 0 Å². The smallest absolute Gasteiger partial charge is 0.0946 e. The molecule has 0 aliphatic heterocycles. The minimum atomic E-state index is 0.00500. The zero-order chi connectivity index (χ0) is 9.80. The summed E-state index contributed by atoms with van der Waals surface area (Å²) in [6.07, 6.45) is 5.45. The van der Waals surface area contributed by atoms with Crippen molar-refractivity contribution in [2.75, 3.05) is 0 Å². The molecule has 0 aliphatic rings. The lowest BCUT2D eigenvalue weighted by atomic mass is 10.1. The summed E-state index contributed by atoms with van der Waals surface area (Å²) in [4.78, 5) is 3.97. The second kappa shape index (κ2) is 4.29. The second-order valence-electron chi connectivity index (χ2n) is 3.14. The highest BCUT2D eigenvalue weighted by Gasteiger charge is 2.06. The number of hydrogen-bond acceptors (Lipinski definition) is 1. The third kappa shape index (κ3) is 2.15. The van der Waals surface area contributed by atoms with E-state index in [0.29, 0.717) is 0 Å². The van der Waals surface area contributed by atoms with Gasteiger partial charge in [0.15, 0.2) is 0 Å². The predicted molar refractivity (Wildman–Crippen MR) is 57.3 cm³/mol. The first-order chi connectivity index (χ1) is 6.86. The molecule has 0 radical (unpaired) electrons. The van der Waals surface area contributed by atoms with Crippen LogP contribution in [0.1, 0.15) is 10.9 Å². The van der Waals surface area contributed by atoms with Crippen molar-refractivity contribution in [3.63, 3.8) is 0 Å². The van der Waals surface area contributed by atoms with Crippen LogP contribution in [0, 0.1) is 0 Å². The first-order valence-corrected chi connectivity index (χ1v) is 4.94. The Labute approximate surface area is 88.2 Å². The van der Waals surface area contributed by atoms with Gasteiger partial charge >= 0.3 is 0 Å². The number of imidazole rings is 1. The highest BCUT2D eigenvalue weighted by Crippen LogP contribution is 2.21. The Morgan fingerprint density at radius 1 is 1.29 bits per heavy atom. The summed E-state index contributed by atoms with van der Waals surface area (Å²) in [7, 11) is 0. The standard InChI is InChI=1S/C11H11ClN2/c12-11(8-14-7-6-13-9-14)10-4-2-1-3-5-10/h1-7,9,11H,8H2/t11-/m1/s1. The van der Waals surface area contributed by atoms with E-state index in [2.05, 4.69) is 4.98 Å². The molecule has 0 unspecified atom stereocenters. The number of alkyl halides is 1. The van der Waals surface area contributed by atoms with Crippen LogP contribution in [0.15, 0.2) is 49.1 Å². The molecule has 3 heteroatoms. The van der Waals surface area contributed by atoms with Gasteiger partial charge in [-0.15, -0.1) is 11.6 Å². The van der Waals surface area contributed by atoms with Crippen molar-refractivity contribution in [1.82, 2.24) is 9.55 Å². The Balaban J connectivity index is 2.07. The molecule has 0 amide bonds. The zero-order valence-corrected chi connectivity index (χ0v) is 8.43. The van der Waals surface area contributed by atoms with Crippen LogP contribution in [-0.4, -0.2) is 9.55 Å². The van der Waals surface area contributed by atoms with E-state index >= 15 is 0 Å². The minimum absolute atomic E-state index is 0.00500. The van der Waals surface area contributed by atoms with Crippen LogP contribution in [0.2, 0.25) is 0 Å². The molecule has 14 heavy (non-hydrogen) atoms. The van der Waals surface area contributed by atoms with Gasteiger partial charge in [-0.2, -0.15) is 0 Å². The topological polar surface area (TPSA) is 17.8 Å². The van der Waals surface area contributed by atoms with Crippen LogP contribution in [-0.2, 0) is 6.54 Å². The molecule has 0 aliphatic carbocycles. The number of rotatable bonds is 3. The third-order valence-electron chi connectivity index (χ3n) is 2.09. The Morgan fingerprint density at radius 3 is 2.71 bits per heavy atom. The predicted octanol–water partition coefficient (Wildman–Crippen LogP) is 2.86. The molecule has 0 N–H and O–H groups in total. The SMILES string of the molecule is Cl[C@H](Cn1ccnc1)c1ccccc1. The van der Waals surface area contributed by atoms with Crippen LogP contribution >= 0.6 is 11.6 Å². The maximum absolute atomic E-state index is 6.25. The van der Waals surface area contributed by atoms with Crippen molar-refractivity contribution in [3.8, 4) is 0 Å². The Morgan fingerprint density at radius 2 is 2.07 bits per heavy atom. The first kappa shape index (κ1) is 9.28. The van der Waals surface area contributed by atoms with Crippen molar-refractivity contribution in [1.29, 1.82) is 0 Å². The van der Waals surface area contributed by atoms with Gasteiger partial charge < -0.3 is 4.57 Å². The Kier molecular flexibility index (Phi) is 2.84. The van der Waals surface area contributed by atoms with E-state index in [4.69, 9.17) is 11.6 Å². The lowest BCUT2D eigenvalue weighted by Gasteiger charge is -2.09. The van der Waals surface area contributed by atoms with Crippen molar-refractivity contribution in [3.05, 3.63) is 54.6 Å². The minimum Gasteiger partial charge on any atom is -0.336 e. The molecule has 1 aromatic heterocycles. The monoisotopic (exact) mass is 206 g/mol. The summed E-state index contributed by atoms with van der Waals surface area (Å²) in [5, 5.41) is 0.00500. The van der Waals surface area contributed by atoms with Gasteiger partial charge in [0.2, 0.25) is 0 Å². The van der Waals surface area contributed by atoms with Gasteiger partial charge in [-0.25, -0.2) is 4.98 Å². The van der Waals surface area contributed by atoms with Gasteiger partial charge in [0, 0.05) is 18.9 Å². The second-order valence-corrected chi connectivity index (χ2v) is 3.66. The average Bonchev–Trinajstić information content (AvgIpc) is 2.72. The van der Waals surface area contributed by atoms with E-state index in [0.717, 1.165) is 12.1 Å². The van der Waals surface area contributed by atoms with E-state index in [-0.39, 0.29) is 5.38 Å². The Bertz CT molecular complexity index is 369. The Hall–Kier alpha value is -1.28. The third-order valence-corrected chi connectivity index (χ3v) is 2.48. The van der Waals surface area contributed by atoms with Gasteiger partial charge in [-0.1, -0.05) is 30.3 Å². The molecule has 1 aromatic carbocycles. The van der Waals surface area contributed by atoms with Gasteiger partial charge in [0.05, 0.1) is 11.7 Å². The first-order valence-electron chi connectivity index (χ1n) is 4.51. The van der Waals surface area contributed by atoms with Crippen LogP contribution in [0.5, 0.6) is 0 Å². The van der Waals surface area contributed by atoms with Crippen LogP contribution < -0.4 is 0 Å². The average molecular weight is 207 g/mol. The van der Waals surface area contributed by atoms with Crippen LogP contribution in [0.25, 0.3) is 0 Å². The number of halogens is 1. The fourth-order valence-electron chi connectivity index (χ4n) is 1.35. The van der Waals surface area contributed by atoms with E-state index in [1.165, 1.54) is 0 Å². The van der Waals surface area contributed by atoms with Crippen molar-refractivity contribution < 1.29 is 0 Å². The molecule has 1 atom stereocenters. The molecule has 0 fully saturated rings. The largest absolute Gasteiger partial charge is 0.336 e. The highest BCUT2D eigenvalue weighted by molar-refractivity contribution is 6.20. The van der Waals surface area contributed by atoms with Gasteiger partial charge in [-0.05, 0) is 5.56 Å². The molecule has 0 saturated carbocycles. The zero-order valence-electron chi connectivity index (χ0n) is 7.68. The summed E-state index contributed by atoms with van der Waals surface area (Å²) >= 11 is 6.25. The molecule has 0 spiro atoms. The summed E-state index contributed by atoms with van der Waals surface area (Å²) in [5.74, 6) is 0. The highest BCUT2D eigenvalue weighted by atomic mass is 35.5. The summed E-state index contributed by atoms with van der Waals surface area (Å²) in [5.41, 5.74) is 1.14. The summed E-state index contributed by atoms with van der Waals surface area (Å²) < 4.78 is 1.98. The quantitative estimate of drug-likeness (QED) is 0.707.